The molecule has 1 fully saturated rings. The van der Waals surface area contributed by atoms with Crippen molar-refractivity contribution in [3.8, 4) is 5.75 Å². The van der Waals surface area contributed by atoms with E-state index in [1.54, 1.807) is 24.3 Å². The summed E-state index contributed by atoms with van der Waals surface area (Å²) in [7, 11) is 0. The van der Waals surface area contributed by atoms with Crippen LogP contribution in [0.3, 0.4) is 0 Å². The summed E-state index contributed by atoms with van der Waals surface area (Å²) in [6, 6.07) is 6.37. The Balaban J connectivity index is 1.85. The van der Waals surface area contributed by atoms with Crippen LogP contribution in [0.1, 0.15) is 70.7 Å². The first-order chi connectivity index (χ1) is 13.5. The number of allylic oxidation sites excluding steroid dienone is 1. The minimum absolute atomic E-state index is 0.0805. The van der Waals surface area contributed by atoms with Gasteiger partial charge in [0, 0.05) is 19.3 Å². The van der Waals surface area contributed by atoms with Crippen LogP contribution in [0.15, 0.2) is 35.9 Å². The van der Waals surface area contributed by atoms with Gasteiger partial charge in [-0.15, -0.1) is 0 Å². The minimum atomic E-state index is -0.850. The standard InChI is InChI=1S/C24H32O5/c1-15(2)24(27)13-12-23(5)11-10-16(3)14-20(21(23)24)29-22(26)18-6-8-19(9-7-18)28-17(4)25/h6-10,15,20-21,27H,11-14H2,1-5H3/t20-,21+,23-,24+/m0/s1. The van der Waals surface area contributed by atoms with Crippen LogP contribution in [0.4, 0.5) is 0 Å². The van der Waals surface area contributed by atoms with Crippen molar-refractivity contribution in [2.45, 2.75) is 72.0 Å². The first kappa shape index (κ1) is 21.6. The number of hydrogen-bond donors (Lipinski definition) is 1. The number of benzene rings is 1. The average Bonchev–Trinajstić information content (AvgIpc) is 2.85. The van der Waals surface area contributed by atoms with Crippen molar-refractivity contribution in [2.75, 3.05) is 0 Å². The Bertz CT molecular complexity index is 809. The maximum atomic E-state index is 12.9. The molecule has 3 rings (SSSR count). The van der Waals surface area contributed by atoms with Crippen molar-refractivity contribution in [1.82, 2.24) is 0 Å². The van der Waals surface area contributed by atoms with Crippen LogP contribution in [0.25, 0.3) is 0 Å². The predicted octanol–water partition coefficient (Wildman–Crippen LogP) is 4.68. The quantitative estimate of drug-likeness (QED) is 0.451. The van der Waals surface area contributed by atoms with Crippen molar-refractivity contribution in [1.29, 1.82) is 0 Å². The van der Waals surface area contributed by atoms with Gasteiger partial charge in [-0.05, 0) is 61.8 Å². The Morgan fingerprint density at radius 3 is 2.41 bits per heavy atom. The summed E-state index contributed by atoms with van der Waals surface area (Å²) < 4.78 is 11.0. The third-order valence-electron chi connectivity index (χ3n) is 6.81. The Hall–Kier alpha value is -2.14. The van der Waals surface area contributed by atoms with Crippen molar-refractivity contribution >= 4 is 11.9 Å². The van der Waals surface area contributed by atoms with Crippen molar-refractivity contribution in [2.24, 2.45) is 17.3 Å². The maximum absolute atomic E-state index is 12.9. The zero-order chi connectivity index (χ0) is 21.4. The van der Waals surface area contributed by atoms with Crippen molar-refractivity contribution in [3.63, 3.8) is 0 Å². The van der Waals surface area contributed by atoms with Crippen LogP contribution in [-0.4, -0.2) is 28.8 Å². The second kappa shape index (κ2) is 7.94. The van der Waals surface area contributed by atoms with E-state index >= 15 is 0 Å². The van der Waals surface area contributed by atoms with Gasteiger partial charge in [0.25, 0.3) is 0 Å². The van der Waals surface area contributed by atoms with Crippen molar-refractivity contribution < 1.29 is 24.2 Å². The zero-order valence-corrected chi connectivity index (χ0v) is 18.0. The van der Waals surface area contributed by atoms with E-state index in [4.69, 9.17) is 9.47 Å². The lowest BCUT2D eigenvalue weighted by Gasteiger charge is -2.43. The van der Waals surface area contributed by atoms with Crippen LogP contribution in [0.2, 0.25) is 0 Å². The molecule has 158 valence electrons. The van der Waals surface area contributed by atoms with Gasteiger partial charge in [0.15, 0.2) is 0 Å². The predicted molar refractivity (Wildman–Crippen MR) is 111 cm³/mol. The lowest BCUT2D eigenvalue weighted by atomic mass is 9.67. The summed E-state index contributed by atoms with van der Waals surface area (Å²) in [6.45, 7) is 9.70. The van der Waals surface area contributed by atoms with Gasteiger partial charge >= 0.3 is 11.9 Å². The highest BCUT2D eigenvalue weighted by molar-refractivity contribution is 5.89. The second-order valence-electron chi connectivity index (χ2n) is 9.30. The summed E-state index contributed by atoms with van der Waals surface area (Å²) in [5.74, 6) is -0.473. The first-order valence-electron chi connectivity index (χ1n) is 10.4. The number of esters is 2. The molecule has 0 bridgehead atoms. The molecule has 1 saturated carbocycles. The molecule has 0 spiro atoms. The molecule has 29 heavy (non-hydrogen) atoms. The fourth-order valence-electron chi connectivity index (χ4n) is 5.11. The summed E-state index contributed by atoms with van der Waals surface area (Å²) in [6.07, 6.45) is 5.02. The molecule has 0 amide bonds. The van der Waals surface area contributed by atoms with E-state index in [1.165, 1.54) is 12.5 Å². The van der Waals surface area contributed by atoms with Gasteiger partial charge in [0.2, 0.25) is 0 Å². The monoisotopic (exact) mass is 400 g/mol. The van der Waals surface area contributed by atoms with Gasteiger partial charge in [0.05, 0.1) is 11.2 Å². The molecule has 1 aromatic rings. The molecular formula is C24H32O5. The fourth-order valence-corrected chi connectivity index (χ4v) is 5.11. The molecule has 0 aliphatic heterocycles. The highest BCUT2D eigenvalue weighted by Crippen LogP contribution is 2.58. The van der Waals surface area contributed by atoms with E-state index in [-0.39, 0.29) is 23.4 Å². The van der Waals surface area contributed by atoms with Crippen LogP contribution in [0, 0.1) is 17.3 Å². The van der Waals surface area contributed by atoms with Gasteiger partial charge in [-0.2, -0.15) is 0 Å². The summed E-state index contributed by atoms with van der Waals surface area (Å²) in [5.41, 5.74) is 0.646. The summed E-state index contributed by atoms with van der Waals surface area (Å²) in [5, 5.41) is 11.6. The van der Waals surface area contributed by atoms with Gasteiger partial charge in [0.1, 0.15) is 11.9 Å². The molecule has 0 aromatic heterocycles. The van der Waals surface area contributed by atoms with E-state index in [0.717, 1.165) is 19.3 Å². The highest BCUT2D eigenvalue weighted by Gasteiger charge is 2.59. The molecule has 4 atom stereocenters. The number of ether oxygens (including phenoxy) is 2. The lowest BCUT2D eigenvalue weighted by Crippen LogP contribution is -2.50. The Morgan fingerprint density at radius 2 is 1.83 bits per heavy atom. The molecule has 2 aliphatic rings. The number of carbonyl (C=O) groups excluding carboxylic acids is 2. The summed E-state index contributed by atoms with van der Waals surface area (Å²) in [4.78, 5) is 24.0. The van der Waals surface area contributed by atoms with Crippen LogP contribution in [-0.2, 0) is 9.53 Å². The van der Waals surface area contributed by atoms with E-state index in [2.05, 4.69) is 19.9 Å². The molecule has 5 nitrogen and oxygen atoms in total. The van der Waals surface area contributed by atoms with Crippen LogP contribution >= 0.6 is 0 Å². The molecule has 0 radical (unpaired) electrons. The minimum Gasteiger partial charge on any atom is -0.458 e. The number of rotatable bonds is 4. The van der Waals surface area contributed by atoms with Gasteiger partial charge in [-0.25, -0.2) is 4.79 Å². The molecule has 1 N–H and O–H groups in total. The van der Waals surface area contributed by atoms with Gasteiger partial charge in [-0.3, -0.25) is 4.79 Å². The van der Waals surface area contributed by atoms with Crippen LogP contribution < -0.4 is 4.74 Å². The topological polar surface area (TPSA) is 72.8 Å². The lowest BCUT2D eigenvalue weighted by molar-refractivity contribution is -0.131. The Morgan fingerprint density at radius 1 is 1.17 bits per heavy atom. The number of aliphatic hydroxyl groups is 1. The number of hydrogen-bond acceptors (Lipinski definition) is 5. The zero-order valence-electron chi connectivity index (χ0n) is 18.0. The number of carbonyl (C=O) groups is 2. The maximum Gasteiger partial charge on any atom is 0.338 e. The number of fused-ring (bicyclic) bond motifs is 1. The summed E-state index contributed by atoms with van der Waals surface area (Å²) >= 11 is 0. The molecule has 2 aliphatic carbocycles. The van der Waals surface area contributed by atoms with E-state index in [0.29, 0.717) is 17.7 Å². The fraction of sp³-hybridized carbons (Fsp3) is 0.583. The second-order valence-corrected chi connectivity index (χ2v) is 9.30. The normalized spacial score (nSPS) is 31.6. The molecular weight excluding hydrogens is 368 g/mol. The largest absolute Gasteiger partial charge is 0.458 e. The smallest absolute Gasteiger partial charge is 0.338 e. The molecule has 0 saturated heterocycles. The molecule has 5 heteroatoms. The molecule has 0 unspecified atom stereocenters. The molecule has 0 heterocycles. The van der Waals surface area contributed by atoms with Crippen LogP contribution in [0.5, 0.6) is 5.75 Å². The average molecular weight is 401 g/mol. The third-order valence-corrected chi connectivity index (χ3v) is 6.81. The van der Waals surface area contributed by atoms with Crippen molar-refractivity contribution in [3.05, 3.63) is 41.5 Å². The Labute approximate surface area is 173 Å². The van der Waals surface area contributed by atoms with Gasteiger partial charge in [-0.1, -0.05) is 32.4 Å². The SMILES string of the molecule is CC(=O)Oc1ccc(C(=O)O[C@H]2CC(C)=CC[C@@]3(C)CC[C@@](O)(C(C)C)[C@H]23)cc1. The van der Waals surface area contributed by atoms with E-state index in [1.807, 2.05) is 13.8 Å². The first-order valence-corrected chi connectivity index (χ1v) is 10.4. The van der Waals surface area contributed by atoms with E-state index in [9.17, 15) is 14.7 Å². The van der Waals surface area contributed by atoms with Gasteiger partial charge < -0.3 is 14.6 Å². The van der Waals surface area contributed by atoms with E-state index < -0.39 is 17.5 Å². The highest BCUT2D eigenvalue weighted by atomic mass is 16.5. The third kappa shape index (κ3) is 4.25. The Kier molecular flexibility index (Phi) is 5.91. The molecule has 1 aromatic carbocycles.